The molecule has 2 aliphatic heterocycles. The van der Waals surface area contributed by atoms with Gasteiger partial charge in [-0.1, -0.05) is 118 Å². The Balaban J connectivity index is 0.000000684. The number of nitrogens with zero attached hydrogens (tertiary/aromatic N) is 4. The summed E-state index contributed by atoms with van der Waals surface area (Å²) in [5.74, 6) is -4.38. The van der Waals surface area contributed by atoms with Crippen LogP contribution in [0.5, 0.6) is 0 Å². The van der Waals surface area contributed by atoms with E-state index in [0.29, 0.717) is 43.5 Å². The summed E-state index contributed by atoms with van der Waals surface area (Å²) in [6.45, 7) is 19.9. The highest BCUT2D eigenvalue weighted by Crippen LogP contribution is 2.30. The zero-order valence-electron chi connectivity index (χ0n) is 56.0. The first-order chi connectivity index (χ1) is 42.0. The number of thioether (sulfide) groups is 1. The number of methoxy groups -OCH3 is 2. The van der Waals surface area contributed by atoms with Crippen LogP contribution in [0.1, 0.15) is 151 Å². The number of Topliss-reactive ketones (excluding diaryl/α,β-unsaturated/α-hetero) is 4. The molecule has 0 bridgehead atoms. The Labute approximate surface area is 534 Å². The summed E-state index contributed by atoms with van der Waals surface area (Å²) >= 11 is 1.38. The van der Waals surface area contributed by atoms with Crippen LogP contribution in [0.3, 0.4) is 0 Å². The standard InChI is InChI=1S/C48H77N5O10S.C20H29NO4/c1-14-32(8)45(39(62-12)24-33(9)54)51(10)46(59)36(29(2)3)25-37(55)44(31(6)7)52(11)48(61)63-28-34-19-21-35(22-20-34)49-27-38(56)43(30(4)5)50-41(57)18-16-15-17-23-53-42(58)26-40(64-13)47(53)60;1-14(19(25-3)17-10-7-11-21(17)2)18(22)13-16(20(23)24)12-15-8-5-4-6-9-15/h19-22,29-32,36,39-40,43-45,49H,14-18,23-28H2,1-13H3,(H,50,57);4-6,8-9,14,16-17,19H,7,10-13H2,1-3H3,(H,23,24)/t32-,36-,39+,40?,43-,44-,45-;14-,16+,17-,19+/m00/s1. The third kappa shape index (κ3) is 23.9. The van der Waals surface area contributed by atoms with Crippen molar-refractivity contribution in [2.24, 2.45) is 41.4 Å². The van der Waals surface area contributed by atoms with Crippen LogP contribution >= 0.6 is 11.8 Å². The number of carbonyl (C=O) groups is 10. The Bertz CT molecular complexity index is 2620. The highest BCUT2D eigenvalue weighted by molar-refractivity contribution is 8.00. The number of imide groups is 1. The molecule has 0 aliphatic carbocycles. The van der Waals surface area contributed by atoms with Gasteiger partial charge >= 0.3 is 12.1 Å². The fourth-order valence-corrected chi connectivity index (χ4v) is 12.7. The molecule has 0 aromatic heterocycles. The summed E-state index contributed by atoms with van der Waals surface area (Å²) in [6.07, 6.45) is 6.16. The van der Waals surface area contributed by atoms with Crippen LogP contribution in [0.4, 0.5) is 10.5 Å². The van der Waals surface area contributed by atoms with Crippen LogP contribution in [0.15, 0.2) is 54.6 Å². The molecule has 498 valence electrons. The second-order valence-corrected chi connectivity index (χ2v) is 26.4. The van der Waals surface area contributed by atoms with Crippen molar-refractivity contribution in [1.29, 1.82) is 0 Å². The number of carboxylic acid groups (broad SMARTS) is 1. The summed E-state index contributed by atoms with van der Waals surface area (Å²) in [4.78, 5) is 135. The van der Waals surface area contributed by atoms with E-state index >= 15 is 0 Å². The number of carboxylic acids is 1. The summed E-state index contributed by atoms with van der Waals surface area (Å²) in [7, 11) is 8.47. The number of aliphatic carboxylic acids is 1. The second-order valence-electron chi connectivity index (χ2n) is 25.4. The number of unbranched alkanes of at least 4 members (excludes halogenated alkanes) is 2. The molecule has 2 fully saturated rings. The van der Waals surface area contributed by atoms with Crippen LogP contribution in [-0.2, 0) is 70.4 Å². The lowest BCUT2D eigenvalue weighted by atomic mass is 9.83. The van der Waals surface area contributed by atoms with E-state index < -0.39 is 42.1 Å². The molecule has 1 unspecified atom stereocenters. The zero-order valence-corrected chi connectivity index (χ0v) is 56.9. The molecule has 0 radical (unpaired) electrons. The van der Waals surface area contributed by atoms with E-state index in [1.165, 1.54) is 35.5 Å². The molecule has 3 N–H and O–H groups in total. The number of likely N-dealkylation sites (tertiary alicyclic amines) is 2. The Morgan fingerprint density at radius 1 is 0.775 bits per heavy atom. The summed E-state index contributed by atoms with van der Waals surface area (Å²) in [5.41, 5.74) is 2.28. The first-order valence-corrected chi connectivity index (χ1v) is 33.1. The molecule has 2 aromatic carbocycles. The van der Waals surface area contributed by atoms with E-state index in [-0.39, 0.29) is 145 Å². The average molecular weight is 1260 g/mol. The van der Waals surface area contributed by atoms with Crippen molar-refractivity contribution in [1.82, 2.24) is 24.9 Å². The number of carbonyl (C=O) groups excluding carboxylic acids is 9. The van der Waals surface area contributed by atoms with E-state index in [1.807, 2.05) is 98.9 Å². The second kappa shape index (κ2) is 38.6. The van der Waals surface area contributed by atoms with Gasteiger partial charge in [-0.25, -0.2) is 4.79 Å². The maximum Gasteiger partial charge on any atom is 0.410 e. The van der Waals surface area contributed by atoms with Gasteiger partial charge < -0.3 is 44.7 Å². The van der Waals surface area contributed by atoms with Gasteiger partial charge in [0.25, 0.3) is 0 Å². The maximum atomic E-state index is 14.1. The highest BCUT2D eigenvalue weighted by atomic mass is 32.2. The topological polar surface area (TPSA) is 256 Å². The fraction of sp³-hybridized carbons (Fsp3) is 0.676. The number of rotatable bonds is 38. The summed E-state index contributed by atoms with van der Waals surface area (Å²) in [6, 6.07) is 14.8. The molecule has 89 heavy (non-hydrogen) atoms. The largest absolute Gasteiger partial charge is 0.481 e. The third-order valence-electron chi connectivity index (χ3n) is 17.6. The molecular formula is C68H106N6O14S. The van der Waals surface area contributed by atoms with E-state index in [4.69, 9.17) is 14.2 Å². The van der Waals surface area contributed by atoms with E-state index in [1.54, 1.807) is 50.4 Å². The van der Waals surface area contributed by atoms with Gasteiger partial charge in [-0.05, 0) is 106 Å². The van der Waals surface area contributed by atoms with Gasteiger partial charge in [0.1, 0.15) is 18.2 Å². The predicted molar refractivity (Wildman–Crippen MR) is 347 cm³/mol. The minimum absolute atomic E-state index is 0.0205. The van der Waals surface area contributed by atoms with Gasteiger partial charge in [0.05, 0.1) is 48.0 Å². The minimum atomic E-state index is -0.920. The molecule has 11 atom stereocenters. The molecule has 0 saturated carbocycles. The quantitative estimate of drug-likeness (QED) is 0.0418. The Hall–Kier alpha value is -6.03. The molecule has 0 spiro atoms. The number of nitrogens with one attached hydrogen (secondary N) is 2. The Kier molecular flexibility index (Phi) is 33.5. The van der Waals surface area contributed by atoms with Gasteiger partial charge in [-0.2, -0.15) is 11.8 Å². The molecule has 2 saturated heterocycles. The molecule has 4 rings (SSSR count). The van der Waals surface area contributed by atoms with E-state index in [0.717, 1.165) is 31.4 Å². The molecular weight excluding hydrogens is 1160 g/mol. The van der Waals surface area contributed by atoms with Crippen molar-refractivity contribution in [3.05, 3.63) is 65.7 Å². The Morgan fingerprint density at radius 2 is 1.43 bits per heavy atom. The molecule has 21 heteroatoms. The molecule has 5 amide bonds. The number of likely N-dealkylation sites (N-methyl/N-ethyl adjacent to an activating group) is 3. The number of amides is 5. The fourth-order valence-electron chi connectivity index (χ4n) is 12.1. The maximum absolute atomic E-state index is 14.1. The van der Waals surface area contributed by atoms with Crippen LogP contribution in [-0.4, -0.2) is 186 Å². The van der Waals surface area contributed by atoms with Crippen LogP contribution in [0.2, 0.25) is 0 Å². The molecule has 20 nitrogen and oxygen atoms in total. The predicted octanol–water partition coefficient (Wildman–Crippen LogP) is 9.19. The monoisotopic (exact) mass is 1260 g/mol. The van der Waals surface area contributed by atoms with Crippen molar-refractivity contribution >= 4 is 76.3 Å². The first-order valence-electron chi connectivity index (χ1n) is 31.8. The summed E-state index contributed by atoms with van der Waals surface area (Å²) < 4.78 is 17.0. The normalized spacial score (nSPS) is 18.2. The van der Waals surface area contributed by atoms with E-state index in [2.05, 4.69) is 22.6 Å². The number of benzene rings is 2. The lowest BCUT2D eigenvalue weighted by Gasteiger charge is -2.40. The Morgan fingerprint density at radius 3 is 1.94 bits per heavy atom. The van der Waals surface area contributed by atoms with Gasteiger partial charge in [0.2, 0.25) is 23.6 Å². The first kappa shape index (κ1) is 77.2. The number of ketones is 4. The molecule has 2 aromatic rings. The minimum Gasteiger partial charge on any atom is -0.481 e. The van der Waals surface area contributed by atoms with Crippen LogP contribution < -0.4 is 10.6 Å². The van der Waals surface area contributed by atoms with Gasteiger partial charge in [0.15, 0.2) is 11.6 Å². The van der Waals surface area contributed by atoms with Gasteiger partial charge in [-0.15, -0.1) is 0 Å². The lowest BCUT2D eigenvalue weighted by molar-refractivity contribution is -0.146. The molecule has 2 aliphatic rings. The molecule has 2 heterocycles. The average Bonchev–Trinajstić information content (AvgIpc) is 1.89. The third-order valence-corrected chi connectivity index (χ3v) is 18.6. The SMILES string of the molecule is CC[C@H](C)[C@@H]([C@@H](CC(C)=O)OC)N(C)C(=O)[C@@H](CC(=O)[C@H](C(C)C)N(C)C(=O)OCc1ccc(NCC(=O)[C@@H](NC(=O)CCCCCN2C(=O)CC(SC)C2=O)C(C)C)cc1)C(C)C.CO[C@H]([C@@H](C)C(=O)C[C@@H](Cc1ccccc1)C(=O)O)[C@@H]1CCCN1C. The number of ether oxygens (including phenoxy) is 3. The van der Waals surface area contributed by atoms with E-state index in [9.17, 15) is 53.1 Å². The summed E-state index contributed by atoms with van der Waals surface area (Å²) in [5, 5.41) is 15.2. The van der Waals surface area contributed by atoms with Crippen LogP contribution in [0.25, 0.3) is 0 Å². The smallest absolute Gasteiger partial charge is 0.410 e. The van der Waals surface area contributed by atoms with Crippen molar-refractivity contribution in [2.45, 2.75) is 195 Å². The zero-order chi connectivity index (χ0) is 66.8. The van der Waals surface area contributed by atoms with Gasteiger partial charge in [-0.3, -0.25) is 48.1 Å². The van der Waals surface area contributed by atoms with Crippen molar-refractivity contribution in [3.8, 4) is 0 Å². The van der Waals surface area contributed by atoms with Crippen molar-refractivity contribution in [2.75, 3.05) is 66.6 Å². The van der Waals surface area contributed by atoms with Crippen molar-refractivity contribution < 1.29 is 67.3 Å². The van der Waals surface area contributed by atoms with Crippen LogP contribution in [0, 0.1) is 41.4 Å². The van der Waals surface area contributed by atoms with Crippen molar-refractivity contribution in [3.63, 3.8) is 0 Å². The lowest BCUT2D eigenvalue weighted by Crippen LogP contribution is -2.53. The van der Waals surface area contributed by atoms with Gasteiger partial charge in [0, 0.05) is 90.5 Å². The number of hydrogen-bond donors (Lipinski definition) is 3. The number of hydrogen-bond acceptors (Lipinski definition) is 16. The number of anilines is 1. The highest BCUT2D eigenvalue weighted by Gasteiger charge is 2.41.